The third kappa shape index (κ3) is 5.06. The van der Waals surface area contributed by atoms with Crippen molar-refractivity contribution in [2.75, 3.05) is 20.3 Å². The molecule has 1 aromatic carbocycles. The molecule has 2 unspecified atom stereocenters. The van der Waals surface area contributed by atoms with E-state index in [1.54, 1.807) is 7.11 Å². The molecule has 0 saturated carbocycles. The van der Waals surface area contributed by atoms with Gasteiger partial charge in [-0.1, -0.05) is 41.9 Å². The van der Waals surface area contributed by atoms with Crippen molar-refractivity contribution in [2.45, 2.75) is 26.0 Å². The average molecular weight is 316 g/mol. The lowest BCUT2D eigenvalue weighted by Crippen LogP contribution is -2.39. The Balaban J connectivity index is 2.51. The zero-order valence-corrected chi connectivity index (χ0v) is 12.8. The van der Waals surface area contributed by atoms with Crippen LogP contribution >= 0.6 is 15.9 Å². The molecule has 0 radical (unpaired) electrons. The highest BCUT2D eigenvalue weighted by molar-refractivity contribution is 9.10. The van der Waals surface area contributed by atoms with E-state index in [-0.39, 0.29) is 6.04 Å². The van der Waals surface area contributed by atoms with Crippen molar-refractivity contribution in [1.82, 2.24) is 5.32 Å². The van der Waals surface area contributed by atoms with E-state index in [0.717, 1.165) is 10.0 Å². The molecule has 0 heterocycles. The molecule has 0 fully saturated rings. The monoisotopic (exact) mass is 315 g/mol. The Labute approximate surface area is 118 Å². The van der Waals surface area contributed by atoms with Crippen LogP contribution in [0.4, 0.5) is 0 Å². The molecule has 0 aliphatic heterocycles. The highest BCUT2D eigenvalue weighted by Gasteiger charge is 2.15. The Morgan fingerprint density at radius 3 is 2.67 bits per heavy atom. The number of hydrogen-bond acceptors (Lipinski definition) is 3. The van der Waals surface area contributed by atoms with E-state index in [1.165, 1.54) is 0 Å². The fraction of sp³-hybridized carbons (Fsp3) is 0.571. The number of ether oxygens (including phenoxy) is 1. The van der Waals surface area contributed by atoms with Gasteiger partial charge in [0.2, 0.25) is 0 Å². The fourth-order valence-corrected chi connectivity index (χ4v) is 2.18. The van der Waals surface area contributed by atoms with E-state index in [2.05, 4.69) is 35.1 Å². The van der Waals surface area contributed by atoms with Gasteiger partial charge in [-0.2, -0.15) is 0 Å². The summed E-state index contributed by atoms with van der Waals surface area (Å²) in [6.07, 6.45) is -0.499. The van der Waals surface area contributed by atoms with Crippen LogP contribution < -0.4 is 5.32 Å². The number of halogens is 1. The van der Waals surface area contributed by atoms with Gasteiger partial charge in [0, 0.05) is 24.2 Å². The van der Waals surface area contributed by atoms with Crippen LogP contribution in [0.5, 0.6) is 0 Å². The summed E-state index contributed by atoms with van der Waals surface area (Å²) in [5.41, 5.74) is 0.914. The highest BCUT2D eigenvalue weighted by Crippen LogP contribution is 2.18. The minimum absolute atomic E-state index is 0.261. The SMILES string of the molecule is COCC(NCC(O)c1cccc(Br)c1)C(C)C. The lowest BCUT2D eigenvalue weighted by Gasteiger charge is -2.23. The second-order valence-corrected chi connectivity index (χ2v) is 5.70. The van der Waals surface area contributed by atoms with E-state index in [9.17, 15) is 5.11 Å². The first-order valence-electron chi connectivity index (χ1n) is 6.20. The average Bonchev–Trinajstić information content (AvgIpc) is 2.33. The number of aliphatic hydroxyl groups excluding tert-OH is 1. The molecule has 1 aromatic rings. The van der Waals surface area contributed by atoms with E-state index in [0.29, 0.717) is 19.1 Å². The molecule has 0 saturated heterocycles. The Hall–Kier alpha value is -0.420. The summed E-state index contributed by atoms with van der Waals surface area (Å²) in [7, 11) is 1.70. The van der Waals surface area contributed by atoms with Gasteiger partial charge < -0.3 is 15.2 Å². The Bertz CT molecular complexity index is 357. The Morgan fingerprint density at radius 1 is 1.39 bits per heavy atom. The van der Waals surface area contributed by atoms with E-state index in [4.69, 9.17) is 4.74 Å². The van der Waals surface area contributed by atoms with Crippen LogP contribution in [0.15, 0.2) is 28.7 Å². The maximum absolute atomic E-state index is 10.1. The maximum Gasteiger partial charge on any atom is 0.0914 e. The number of rotatable bonds is 7. The van der Waals surface area contributed by atoms with Gasteiger partial charge in [-0.3, -0.25) is 0 Å². The predicted octanol–water partition coefficient (Wildman–Crippen LogP) is 2.74. The summed E-state index contributed by atoms with van der Waals surface area (Å²) in [5, 5.41) is 13.5. The van der Waals surface area contributed by atoms with Crippen molar-refractivity contribution in [3.63, 3.8) is 0 Å². The smallest absolute Gasteiger partial charge is 0.0914 e. The van der Waals surface area contributed by atoms with Gasteiger partial charge in [-0.15, -0.1) is 0 Å². The molecule has 3 nitrogen and oxygen atoms in total. The van der Waals surface area contributed by atoms with Gasteiger partial charge in [-0.25, -0.2) is 0 Å². The molecule has 0 amide bonds. The molecule has 0 aliphatic rings. The summed E-state index contributed by atoms with van der Waals surface area (Å²) in [6, 6.07) is 8.01. The van der Waals surface area contributed by atoms with Crippen molar-refractivity contribution in [1.29, 1.82) is 0 Å². The normalized spacial score (nSPS) is 14.8. The van der Waals surface area contributed by atoms with Crippen molar-refractivity contribution in [2.24, 2.45) is 5.92 Å². The van der Waals surface area contributed by atoms with Crippen molar-refractivity contribution < 1.29 is 9.84 Å². The first-order chi connectivity index (χ1) is 8.54. The fourth-order valence-electron chi connectivity index (χ4n) is 1.76. The molecule has 4 heteroatoms. The van der Waals surface area contributed by atoms with Crippen LogP contribution in [-0.4, -0.2) is 31.4 Å². The molecule has 0 aliphatic carbocycles. The predicted molar refractivity (Wildman–Crippen MR) is 77.6 cm³/mol. The lowest BCUT2D eigenvalue weighted by molar-refractivity contribution is 0.124. The quantitative estimate of drug-likeness (QED) is 0.813. The van der Waals surface area contributed by atoms with Gasteiger partial charge in [0.25, 0.3) is 0 Å². The van der Waals surface area contributed by atoms with Gasteiger partial charge >= 0.3 is 0 Å². The van der Waals surface area contributed by atoms with Crippen LogP contribution in [0.1, 0.15) is 25.5 Å². The standard InChI is InChI=1S/C14H22BrNO2/c1-10(2)13(9-18-3)16-8-14(17)11-5-4-6-12(15)7-11/h4-7,10,13-14,16-17H,8-9H2,1-3H3. The number of methoxy groups -OCH3 is 1. The molecule has 2 atom stereocenters. The number of aliphatic hydroxyl groups is 1. The molecule has 0 spiro atoms. The minimum Gasteiger partial charge on any atom is -0.387 e. The summed E-state index contributed by atoms with van der Waals surface area (Å²) in [6.45, 7) is 5.47. The second kappa shape index (κ2) is 7.89. The molecule has 0 bridgehead atoms. The molecule has 18 heavy (non-hydrogen) atoms. The molecular formula is C14H22BrNO2. The van der Waals surface area contributed by atoms with Crippen LogP contribution in [0, 0.1) is 5.92 Å². The molecule has 102 valence electrons. The first kappa shape index (κ1) is 15.6. The van der Waals surface area contributed by atoms with Crippen LogP contribution in [0.2, 0.25) is 0 Å². The molecule has 2 N–H and O–H groups in total. The third-order valence-corrected chi connectivity index (χ3v) is 3.45. The van der Waals surface area contributed by atoms with Gasteiger partial charge in [-0.05, 0) is 23.6 Å². The minimum atomic E-state index is -0.499. The van der Waals surface area contributed by atoms with Crippen LogP contribution in [0.25, 0.3) is 0 Å². The highest BCUT2D eigenvalue weighted by atomic mass is 79.9. The third-order valence-electron chi connectivity index (χ3n) is 2.96. The Morgan fingerprint density at radius 2 is 2.11 bits per heavy atom. The molecule has 1 rings (SSSR count). The Kier molecular flexibility index (Phi) is 6.86. The summed E-state index contributed by atoms with van der Waals surface area (Å²) >= 11 is 3.41. The first-order valence-corrected chi connectivity index (χ1v) is 6.99. The van der Waals surface area contributed by atoms with E-state index < -0.39 is 6.10 Å². The summed E-state index contributed by atoms with van der Waals surface area (Å²) in [4.78, 5) is 0. The van der Waals surface area contributed by atoms with Crippen molar-refractivity contribution in [3.8, 4) is 0 Å². The van der Waals surface area contributed by atoms with Gasteiger partial charge in [0.05, 0.1) is 12.7 Å². The maximum atomic E-state index is 10.1. The second-order valence-electron chi connectivity index (χ2n) is 4.78. The van der Waals surface area contributed by atoms with Gasteiger partial charge in [0.1, 0.15) is 0 Å². The van der Waals surface area contributed by atoms with E-state index in [1.807, 2.05) is 24.3 Å². The van der Waals surface area contributed by atoms with Crippen LogP contribution in [0.3, 0.4) is 0 Å². The van der Waals surface area contributed by atoms with Crippen molar-refractivity contribution in [3.05, 3.63) is 34.3 Å². The largest absolute Gasteiger partial charge is 0.387 e. The van der Waals surface area contributed by atoms with Crippen molar-refractivity contribution >= 4 is 15.9 Å². The number of benzene rings is 1. The van der Waals surface area contributed by atoms with Crippen LogP contribution in [-0.2, 0) is 4.74 Å². The molecule has 0 aromatic heterocycles. The summed E-state index contributed by atoms with van der Waals surface area (Å²) < 4.78 is 6.15. The topological polar surface area (TPSA) is 41.5 Å². The number of nitrogens with one attached hydrogen (secondary N) is 1. The zero-order chi connectivity index (χ0) is 13.5. The molecular weight excluding hydrogens is 294 g/mol. The zero-order valence-electron chi connectivity index (χ0n) is 11.2. The van der Waals surface area contributed by atoms with Gasteiger partial charge in [0.15, 0.2) is 0 Å². The number of hydrogen-bond donors (Lipinski definition) is 2. The van der Waals surface area contributed by atoms with E-state index >= 15 is 0 Å². The summed E-state index contributed by atoms with van der Waals surface area (Å²) in [5.74, 6) is 0.472. The lowest BCUT2D eigenvalue weighted by atomic mass is 10.0.